The van der Waals surface area contributed by atoms with Crippen LogP contribution in [0.15, 0.2) is 0 Å². The quantitative estimate of drug-likeness (QED) is 0.601. The Bertz CT molecular complexity index is 81.4. The normalized spacial score (nSPS) is 34.0. The molecule has 1 nitrogen and oxygen atoms in total. The SMILES string of the molecule is Cl.FC[C@H]1C[C@@H](F)CN1. The Balaban J connectivity index is 0.000000640. The van der Waals surface area contributed by atoms with E-state index in [0.717, 1.165) is 0 Å². The van der Waals surface area contributed by atoms with E-state index in [1.165, 1.54) is 0 Å². The molecule has 0 aromatic heterocycles. The van der Waals surface area contributed by atoms with E-state index in [1.807, 2.05) is 0 Å². The molecule has 1 aliphatic rings. The first kappa shape index (κ1) is 9.11. The largest absolute Gasteiger partial charge is 0.308 e. The van der Waals surface area contributed by atoms with Crippen molar-refractivity contribution in [3.8, 4) is 0 Å². The van der Waals surface area contributed by atoms with Crippen LogP contribution in [0.1, 0.15) is 6.42 Å². The lowest BCUT2D eigenvalue weighted by Crippen LogP contribution is -2.22. The zero-order valence-corrected chi connectivity index (χ0v) is 5.76. The summed E-state index contributed by atoms with van der Waals surface area (Å²) in [5, 5.41) is 2.71. The summed E-state index contributed by atoms with van der Waals surface area (Å²) >= 11 is 0. The van der Waals surface area contributed by atoms with Gasteiger partial charge in [-0.3, -0.25) is 0 Å². The molecule has 56 valence electrons. The molecule has 0 amide bonds. The molecule has 0 aliphatic carbocycles. The van der Waals surface area contributed by atoms with Gasteiger partial charge < -0.3 is 5.32 Å². The Hall–Kier alpha value is 0.110. The molecule has 1 fully saturated rings. The predicted octanol–water partition coefficient (Wildman–Crippen LogP) is 1.08. The molecule has 1 heterocycles. The number of rotatable bonds is 1. The van der Waals surface area contributed by atoms with Gasteiger partial charge in [0.2, 0.25) is 0 Å². The summed E-state index contributed by atoms with van der Waals surface area (Å²) in [6.45, 7) is -0.116. The molecule has 9 heavy (non-hydrogen) atoms. The number of alkyl halides is 2. The second-order valence-corrected chi connectivity index (χ2v) is 2.09. The lowest BCUT2D eigenvalue weighted by Gasteiger charge is -1.99. The molecule has 2 atom stereocenters. The number of hydrogen-bond donors (Lipinski definition) is 1. The predicted molar refractivity (Wildman–Crippen MR) is 34.5 cm³/mol. The van der Waals surface area contributed by atoms with E-state index in [1.54, 1.807) is 0 Å². The standard InChI is InChI=1S/C5H9F2N.ClH/c6-2-5-1-4(7)3-8-5;/h4-5,8H,1-3H2;1H/t4-,5-;/m1./s1. The van der Waals surface area contributed by atoms with Crippen LogP contribution in [-0.2, 0) is 0 Å². The molecular formula is C5H10ClF2N. The van der Waals surface area contributed by atoms with Gasteiger partial charge >= 0.3 is 0 Å². The maximum Gasteiger partial charge on any atom is 0.114 e. The van der Waals surface area contributed by atoms with E-state index >= 15 is 0 Å². The first-order valence-electron chi connectivity index (χ1n) is 2.76. The van der Waals surface area contributed by atoms with Crippen LogP contribution in [0.3, 0.4) is 0 Å². The molecule has 0 bridgehead atoms. The van der Waals surface area contributed by atoms with Crippen LogP contribution in [-0.4, -0.2) is 25.4 Å². The van der Waals surface area contributed by atoms with Crippen LogP contribution in [0.25, 0.3) is 0 Å². The maximum atomic E-state index is 12.1. The van der Waals surface area contributed by atoms with Crippen LogP contribution in [0.5, 0.6) is 0 Å². The first-order valence-corrected chi connectivity index (χ1v) is 2.76. The van der Waals surface area contributed by atoms with Crippen molar-refractivity contribution in [3.05, 3.63) is 0 Å². The van der Waals surface area contributed by atoms with Crippen molar-refractivity contribution in [2.24, 2.45) is 0 Å². The van der Waals surface area contributed by atoms with Crippen LogP contribution >= 0.6 is 12.4 Å². The van der Waals surface area contributed by atoms with Gasteiger partial charge in [0.1, 0.15) is 12.8 Å². The third-order valence-corrected chi connectivity index (χ3v) is 1.35. The highest BCUT2D eigenvalue weighted by atomic mass is 35.5. The Kier molecular flexibility index (Phi) is 4.06. The summed E-state index contributed by atoms with van der Waals surface area (Å²) in [5.74, 6) is 0. The van der Waals surface area contributed by atoms with Gasteiger partial charge in [-0.2, -0.15) is 0 Å². The summed E-state index contributed by atoms with van der Waals surface area (Å²) in [6.07, 6.45) is -0.480. The molecule has 0 spiro atoms. The van der Waals surface area contributed by atoms with E-state index in [2.05, 4.69) is 5.32 Å². The van der Waals surface area contributed by atoms with Crippen molar-refractivity contribution in [1.82, 2.24) is 5.32 Å². The average molecular weight is 158 g/mol. The van der Waals surface area contributed by atoms with Gasteiger partial charge in [-0.15, -0.1) is 12.4 Å². The summed E-state index contributed by atoms with van der Waals surface area (Å²) in [5.41, 5.74) is 0. The molecule has 1 rings (SSSR count). The first-order chi connectivity index (χ1) is 3.83. The monoisotopic (exact) mass is 157 g/mol. The lowest BCUT2D eigenvalue weighted by atomic mass is 10.2. The molecule has 0 radical (unpaired) electrons. The lowest BCUT2D eigenvalue weighted by molar-refractivity contribution is 0.341. The van der Waals surface area contributed by atoms with E-state index < -0.39 is 12.8 Å². The van der Waals surface area contributed by atoms with E-state index in [-0.39, 0.29) is 18.4 Å². The fraction of sp³-hybridized carbons (Fsp3) is 1.00. The van der Waals surface area contributed by atoms with Gasteiger partial charge in [0.15, 0.2) is 0 Å². The van der Waals surface area contributed by atoms with Crippen molar-refractivity contribution in [3.63, 3.8) is 0 Å². The smallest absolute Gasteiger partial charge is 0.114 e. The van der Waals surface area contributed by atoms with Gasteiger partial charge in [-0.1, -0.05) is 0 Å². The number of hydrogen-bond acceptors (Lipinski definition) is 1. The summed E-state index contributed by atoms with van der Waals surface area (Å²) < 4.78 is 23.8. The molecule has 0 aromatic rings. The Morgan fingerprint density at radius 1 is 1.56 bits per heavy atom. The van der Waals surface area contributed by atoms with E-state index in [4.69, 9.17) is 0 Å². The zero-order valence-electron chi connectivity index (χ0n) is 4.94. The van der Waals surface area contributed by atoms with Crippen LogP contribution in [0, 0.1) is 0 Å². The number of halogens is 3. The van der Waals surface area contributed by atoms with Crippen molar-refractivity contribution in [1.29, 1.82) is 0 Å². The minimum atomic E-state index is -0.823. The fourth-order valence-electron chi connectivity index (χ4n) is 0.887. The summed E-state index contributed by atoms with van der Waals surface area (Å²) in [7, 11) is 0. The maximum absolute atomic E-state index is 12.1. The Morgan fingerprint density at radius 2 is 2.22 bits per heavy atom. The summed E-state index contributed by atoms with van der Waals surface area (Å²) in [6, 6.07) is -0.218. The van der Waals surface area contributed by atoms with E-state index in [0.29, 0.717) is 13.0 Å². The van der Waals surface area contributed by atoms with Gasteiger partial charge in [0.25, 0.3) is 0 Å². The average Bonchev–Trinajstić information content (AvgIpc) is 2.14. The molecule has 0 saturated carbocycles. The topological polar surface area (TPSA) is 12.0 Å². The highest BCUT2D eigenvalue weighted by molar-refractivity contribution is 5.85. The molecule has 0 aromatic carbocycles. The van der Waals surface area contributed by atoms with Crippen molar-refractivity contribution in [2.75, 3.05) is 13.2 Å². The highest BCUT2D eigenvalue weighted by Crippen LogP contribution is 2.09. The second kappa shape index (κ2) is 4.01. The molecule has 1 aliphatic heterocycles. The van der Waals surface area contributed by atoms with Gasteiger partial charge in [0.05, 0.1) is 0 Å². The second-order valence-electron chi connectivity index (χ2n) is 2.09. The van der Waals surface area contributed by atoms with Crippen LogP contribution in [0.2, 0.25) is 0 Å². The zero-order chi connectivity index (χ0) is 5.98. The highest BCUT2D eigenvalue weighted by Gasteiger charge is 2.22. The van der Waals surface area contributed by atoms with Crippen LogP contribution < -0.4 is 5.32 Å². The molecule has 0 unspecified atom stereocenters. The third kappa shape index (κ3) is 2.45. The van der Waals surface area contributed by atoms with Gasteiger partial charge in [-0.25, -0.2) is 8.78 Å². The fourth-order valence-corrected chi connectivity index (χ4v) is 0.887. The van der Waals surface area contributed by atoms with Crippen molar-refractivity contribution in [2.45, 2.75) is 18.6 Å². The molecular weight excluding hydrogens is 148 g/mol. The van der Waals surface area contributed by atoms with Crippen molar-refractivity contribution < 1.29 is 8.78 Å². The molecule has 1 N–H and O–H groups in total. The van der Waals surface area contributed by atoms with Crippen molar-refractivity contribution >= 4 is 12.4 Å². The molecule has 4 heteroatoms. The minimum Gasteiger partial charge on any atom is -0.308 e. The van der Waals surface area contributed by atoms with E-state index in [9.17, 15) is 8.78 Å². The molecule has 1 saturated heterocycles. The van der Waals surface area contributed by atoms with Gasteiger partial charge in [0, 0.05) is 12.6 Å². The third-order valence-electron chi connectivity index (χ3n) is 1.35. The summed E-state index contributed by atoms with van der Waals surface area (Å²) in [4.78, 5) is 0. The van der Waals surface area contributed by atoms with Crippen LogP contribution in [0.4, 0.5) is 8.78 Å². The Labute approximate surface area is 59.2 Å². The minimum absolute atomic E-state index is 0. The Morgan fingerprint density at radius 3 is 2.44 bits per heavy atom. The number of nitrogens with one attached hydrogen (secondary N) is 1. The van der Waals surface area contributed by atoms with Gasteiger partial charge in [-0.05, 0) is 6.42 Å².